The molecule has 0 atom stereocenters. The number of carbonyl (C=O) groups is 1. The Bertz CT molecular complexity index is 320. The lowest BCUT2D eigenvalue weighted by Crippen LogP contribution is -2.05. The fourth-order valence-electron chi connectivity index (χ4n) is 2.80. The number of hydrogen-bond donors (Lipinski definition) is 0. The van der Waals surface area contributed by atoms with Crippen LogP contribution in [0.4, 0.5) is 0 Å². The van der Waals surface area contributed by atoms with Crippen molar-refractivity contribution >= 4 is 5.97 Å². The van der Waals surface area contributed by atoms with Crippen LogP contribution in [0, 0.1) is 0 Å². The molecule has 0 aromatic carbocycles. The van der Waals surface area contributed by atoms with Gasteiger partial charge in [0.25, 0.3) is 0 Å². The third kappa shape index (κ3) is 17.3. The van der Waals surface area contributed by atoms with E-state index in [9.17, 15) is 4.79 Å². The Balaban J connectivity index is 3.06. The van der Waals surface area contributed by atoms with Crippen LogP contribution in [0.5, 0.6) is 0 Å². The molecule has 140 valence electrons. The summed E-state index contributed by atoms with van der Waals surface area (Å²) in [6.45, 7) is 9.56. The number of ether oxygens (including phenoxy) is 1. The van der Waals surface area contributed by atoms with Crippen molar-refractivity contribution in [3.8, 4) is 0 Å². The maximum absolute atomic E-state index is 11.2. The second kappa shape index (κ2) is 18.3. The van der Waals surface area contributed by atoms with Gasteiger partial charge in [-0.15, -0.1) is 6.58 Å². The van der Waals surface area contributed by atoms with E-state index in [0.717, 1.165) is 12.8 Å². The molecule has 0 unspecified atom stereocenters. The van der Waals surface area contributed by atoms with Crippen LogP contribution >= 0.6 is 0 Å². The van der Waals surface area contributed by atoms with Gasteiger partial charge >= 0.3 is 5.97 Å². The van der Waals surface area contributed by atoms with Crippen LogP contribution in [0.3, 0.4) is 0 Å². The molecule has 0 aromatic heterocycles. The molecule has 0 spiro atoms. The summed E-state index contributed by atoms with van der Waals surface area (Å²) in [6, 6.07) is 0. The van der Waals surface area contributed by atoms with Gasteiger partial charge in [-0.25, -0.2) is 4.79 Å². The first-order valence-electron chi connectivity index (χ1n) is 10.1. The highest BCUT2D eigenvalue weighted by Gasteiger charge is 2.01. The molecule has 0 aliphatic heterocycles. The van der Waals surface area contributed by atoms with Crippen LogP contribution < -0.4 is 0 Å². The molecular formula is C22H40O2. The molecule has 0 aromatic rings. The first-order valence-corrected chi connectivity index (χ1v) is 10.1. The summed E-state index contributed by atoms with van der Waals surface area (Å²) in [4.78, 5) is 11.2. The number of allylic oxidation sites excluding steroid dienone is 1. The van der Waals surface area contributed by atoms with Crippen molar-refractivity contribution in [3.63, 3.8) is 0 Å². The van der Waals surface area contributed by atoms with E-state index in [1.807, 2.05) is 6.08 Å². The molecule has 2 nitrogen and oxygen atoms in total. The first-order chi connectivity index (χ1) is 11.7. The summed E-state index contributed by atoms with van der Waals surface area (Å²) in [5, 5.41) is 0. The van der Waals surface area contributed by atoms with Gasteiger partial charge in [0.05, 0.1) is 6.61 Å². The van der Waals surface area contributed by atoms with Gasteiger partial charge in [-0.3, -0.25) is 0 Å². The monoisotopic (exact) mass is 336 g/mol. The van der Waals surface area contributed by atoms with E-state index < -0.39 is 0 Å². The van der Waals surface area contributed by atoms with Gasteiger partial charge in [-0.1, -0.05) is 89.7 Å². The van der Waals surface area contributed by atoms with Crippen LogP contribution in [-0.4, -0.2) is 12.6 Å². The van der Waals surface area contributed by atoms with Crippen LogP contribution in [-0.2, 0) is 9.53 Å². The minimum absolute atomic E-state index is 0.258. The van der Waals surface area contributed by atoms with Crippen LogP contribution in [0.25, 0.3) is 0 Å². The average molecular weight is 337 g/mol. The number of carbonyl (C=O) groups excluding carboxylic acids is 1. The minimum Gasteiger partial charge on any atom is -0.462 e. The van der Waals surface area contributed by atoms with Crippen molar-refractivity contribution in [2.45, 2.75) is 103 Å². The molecule has 0 aliphatic carbocycles. The van der Waals surface area contributed by atoms with Crippen molar-refractivity contribution in [2.24, 2.45) is 0 Å². The highest BCUT2D eigenvalue weighted by molar-refractivity contribution is 5.86. The molecule has 0 amide bonds. The zero-order valence-electron chi connectivity index (χ0n) is 16.1. The number of rotatable bonds is 18. The Hall–Kier alpha value is -1.05. The predicted octanol–water partition coefficient (Wildman–Crippen LogP) is 7.14. The highest BCUT2D eigenvalue weighted by atomic mass is 16.5. The summed E-state index contributed by atoms with van der Waals surface area (Å²) < 4.78 is 5.08. The van der Waals surface area contributed by atoms with Gasteiger partial charge < -0.3 is 4.74 Å². The Morgan fingerprint density at radius 3 is 1.50 bits per heavy atom. The zero-order chi connectivity index (χ0) is 17.9. The third-order valence-electron chi connectivity index (χ3n) is 4.38. The number of esters is 1. The Morgan fingerprint density at radius 1 is 0.750 bits per heavy atom. The lowest BCUT2D eigenvalue weighted by atomic mass is 10.0. The fourth-order valence-corrected chi connectivity index (χ4v) is 2.80. The molecule has 0 fully saturated rings. The summed E-state index contributed by atoms with van der Waals surface area (Å²) in [5.74, 6) is -0.258. The molecule has 24 heavy (non-hydrogen) atoms. The van der Waals surface area contributed by atoms with Gasteiger partial charge in [0, 0.05) is 5.57 Å². The van der Waals surface area contributed by atoms with Crippen molar-refractivity contribution in [3.05, 3.63) is 24.8 Å². The molecule has 0 aliphatic rings. The quantitative estimate of drug-likeness (QED) is 0.115. The van der Waals surface area contributed by atoms with E-state index in [4.69, 9.17) is 4.74 Å². The van der Waals surface area contributed by atoms with Gasteiger partial charge in [0.15, 0.2) is 0 Å². The maximum atomic E-state index is 11.2. The van der Waals surface area contributed by atoms with Crippen molar-refractivity contribution in [1.82, 2.24) is 0 Å². The lowest BCUT2D eigenvalue weighted by Gasteiger charge is -2.05. The summed E-state index contributed by atoms with van der Waals surface area (Å²) in [7, 11) is 0. The average Bonchev–Trinajstić information content (AvgIpc) is 2.57. The topological polar surface area (TPSA) is 26.3 Å². The normalized spacial score (nSPS) is 10.5. The van der Waals surface area contributed by atoms with E-state index in [1.54, 1.807) is 6.92 Å². The van der Waals surface area contributed by atoms with Gasteiger partial charge in [-0.05, 0) is 26.2 Å². The van der Waals surface area contributed by atoms with Crippen LogP contribution in [0.1, 0.15) is 103 Å². The van der Waals surface area contributed by atoms with E-state index >= 15 is 0 Å². The Kier molecular flexibility index (Phi) is 17.5. The molecule has 0 bridgehead atoms. The second-order valence-corrected chi connectivity index (χ2v) is 6.94. The molecule has 0 heterocycles. The van der Waals surface area contributed by atoms with E-state index in [0.29, 0.717) is 12.2 Å². The van der Waals surface area contributed by atoms with Crippen LogP contribution in [0.15, 0.2) is 24.8 Å². The highest BCUT2D eigenvalue weighted by Crippen LogP contribution is 2.13. The molecule has 0 saturated carbocycles. The fraction of sp³-hybridized carbons (Fsp3) is 0.773. The SMILES string of the molecule is C=CCCCCCCCCCCCCCCCCOC(=O)C(=C)C. The summed E-state index contributed by atoms with van der Waals surface area (Å²) in [5.41, 5.74) is 0.489. The molecule has 0 rings (SSSR count). The number of unbranched alkanes of at least 4 members (excludes halogenated alkanes) is 14. The predicted molar refractivity (Wildman–Crippen MR) is 105 cm³/mol. The maximum Gasteiger partial charge on any atom is 0.333 e. The Morgan fingerprint density at radius 2 is 1.12 bits per heavy atom. The van der Waals surface area contributed by atoms with Crippen molar-refractivity contribution < 1.29 is 9.53 Å². The number of hydrogen-bond acceptors (Lipinski definition) is 2. The second-order valence-electron chi connectivity index (χ2n) is 6.94. The largest absolute Gasteiger partial charge is 0.462 e. The molecule has 0 N–H and O–H groups in total. The van der Waals surface area contributed by atoms with Gasteiger partial charge in [0.1, 0.15) is 0 Å². The molecule has 0 radical (unpaired) electrons. The van der Waals surface area contributed by atoms with E-state index in [2.05, 4.69) is 13.2 Å². The molecular weight excluding hydrogens is 296 g/mol. The first kappa shape index (κ1) is 22.9. The van der Waals surface area contributed by atoms with E-state index in [1.165, 1.54) is 83.5 Å². The van der Waals surface area contributed by atoms with Crippen LogP contribution in [0.2, 0.25) is 0 Å². The van der Waals surface area contributed by atoms with Gasteiger partial charge in [-0.2, -0.15) is 0 Å². The van der Waals surface area contributed by atoms with E-state index in [-0.39, 0.29) is 5.97 Å². The van der Waals surface area contributed by atoms with Crippen molar-refractivity contribution in [2.75, 3.05) is 6.61 Å². The standard InChI is InChI=1S/C22H40O2/c1-4-5-6-7-8-9-10-11-12-13-14-15-16-17-18-19-20-24-22(23)21(2)3/h4H,1-2,5-20H2,3H3. The molecule has 2 heteroatoms. The summed E-state index contributed by atoms with van der Waals surface area (Å²) in [6.07, 6.45) is 21.8. The Labute approximate surface area is 150 Å². The summed E-state index contributed by atoms with van der Waals surface area (Å²) >= 11 is 0. The van der Waals surface area contributed by atoms with Gasteiger partial charge in [0.2, 0.25) is 0 Å². The molecule has 0 saturated heterocycles. The van der Waals surface area contributed by atoms with Crippen molar-refractivity contribution in [1.29, 1.82) is 0 Å². The zero-order valence-corrected chi connectivity index (χ0v) is 16.1. The minimum atomic E-state index is -0.258. The smallest absolute Gasteiger partial charge is 0.333 e. The third-order valence-corrected chi connectivity index (χ3v) is 4.38. The lowest BCUT2D eigenvalue weighted by molar-refractivity contribution is -0.139.